The second-order valence-corrected chi connectivity index (χ2v) is 6.08. The zero-order chi connectivity index (χ0) is 14.4. The molecule has 1 aromatic carbocycles. The molecule has 0 unspecified atom stereocenters. The predicted octanol–water partition coefficient (Wildman–Crippen LogP) is 2.60. The highest BCUT2D eigenvalue weighted by Gasteiger charge is 2.19. The van der Waals surface area contributed by atoms with Crippen LogP contribution < -0.4 is 10.6 Å². The zero-order valence-electron chi connectivity index (χ0n) is 12.4. The van der Waals surface area contributed by atoms with Gasteiger partial charge in [0.05, 0.1) is 0 Å². The number of hydrogen-bond donors (Lipinski definition) is 1. The summed E-state index contributed by atoms with van der Waals surface area (Å²) in [7, 11) is 2.14. The van der Waals surface area contributed by atoms with Crippen LogP contribution in [0.1, 0.15) is 29.7 Å². The SMILES string of the molecule is CN1CCc2cc(-c3nc(N)c4c(n3)CCCC4)ccc21. The summed E-state index contributed by atoms with van der Waals surface area (Å²) in [6.45, 7) is 1.09. The van der Waals surface area contributed by atoms with Crippen LogP contribution in [0.25, 0.3) is 11.4 Å². The van der Waals surface area contributed by atoms with Gasteiger partial charge in [0.1, 0.15) is 5.82 Å². The Kier molecular flexibility index (Phi) is 2.84. The van der Waals surface area contributed by atoms with Crippen molar-refractivity contribution >= 4 is 11.5 Å². The van der Waals surface area contributed by atoms with Crippen LogP contribution in [0.4, 0.5) is 11.5 Å². The molecular weight excluding hydrogens is 260 g/mol. The van der Waals surface area contributed by atoms with Gasteiger partial charge < -0.3 is 10.6 Å². The molecule has 0 amide bonds. The summed E-state index contributed by atoms with van der Waals surface area (Å²) in [5, 5.41) is 0. The number of nitrogens with two attached hydrogens (primary N) is 1. The van der Waals surface area contributed by atoms with Crippen LogP contribution in [0, 0.1) is 0 Å². The van der Waals surface area contributed by atoms with Gasteiger partial charge in [-0.25, -0.2) is 9.97 Å². The van der Waals surface area contributed by atoms with Gasteiger partial charge in [0.25, 0.3) is 0 Å². The molecule has 0 saturated carbocycles. The molecule has 1 aromatic heterocycles. The molecule has 2 aliphatic rings. The molecule has 2 N–H and O–H groups in total. The van der Waals surface area contributed by atoms with Crippen LogP contribution in [0.2, 0.25) is 0 Å². The number of nitrogen functional groups attached to an aromatic ring is 1. The van der Waals surface area contributed by atoms with Crippen LogP contribution in [-0.2, 0) is 19.3 Å². The fraction of sp³-hybridized carbons (Fsp3) is 0.412. The van der Waals surface area contributed by atoms with Crippen molar-refractivity contribution in [2.24, 2.45) is 0 Å². The third kappa shape index (κ3) is 2.06. The number of aromatic nitrogens is 2. The van der Waals surface area contributed by atoms with E-state index in [1.807, 2.05) is 0 Å². The van der Waals surface area contributed by atoms with Crippen LogP contribution in [0.15, 0.2) is 18.2 Å². The molecule has 4 heteroatoms. The van der Waals surface area contributed by atoms with Crippen molar-refractivity contribution in [3.05, 3.63) is 35.0 Å². The number of aryl methyl sites for hydroxylation is 1. The maximum atomic E-state index is 6.16. The summed E-state index contributed by atoms with van der Waals surface area (Å²) in [5.74, 6) is 1.46. The van der Waals surface area contributed by atoms with E-state index in [0.29, 0.717) is 5.82 Å². The fourth-order valence-corrected chi connectivity index (χ4v) is 3.46. The van der Waals surface area contributed by atoms with E-state index >= 15 is 0 Å². The van der Waals surface area contributed by atoms with Gasteiger partial charge >= 0.3 is 0 Å². The van der Waals surface area contributed by atoms with Gasteiger partial charge in [-0.05, 0) is 55.9 Å². The number of benzene rings is 1. The van der Waals surface area contributed by atoms with E-state index in [4.69, 9.17) is 10.7 Å². The van der Waals surface area contributed by atoms with Crippen molar-refractivity contribution in [2.75, 3.05) is 24.2 Å². The second-order valence-electron chi connectivity index (χ2n) is 6.08. The average Bonchev–Trinajstić information content (AvgIpc) is 2.88. The Balaban J connectivity index is 1.79. The van der Waals surface area contributed by atoms with Crippen LogP contribution in [-0.4, -0.2) is 23.6 Å². The Morgan fingerprint density at radius 2 is 1.95 bits per heavy atom. The predicted molar refractivity (Wildman–Crippen MR) is 85.5 cm³/mol. The Labute approximate surface area is 125 Å². The quantitative estimate of drug-likeness (QED) is 0.872. The largest absolute Gasteiger partial charge is 0.383 e. The third-order valence-corrected chi connectivity index (χ3v) is 4.68. The van der Waals surface area contributed by atoms with Gasteiger partial charge in [0.2, 0.25) is 0 Å². The van der Waals surface area contributed by atoms with E-state index < -0.39 is 0 Å². The van der Waals surface area contributed by atoms with Gasteiger partial charge in [-0.15, -0.1) is 0 Å². The van der Waals surface area contributed by atoms with Crippen molar-refractivity contribution in [3.63, 3.8) is 0 Å². The van der Waals surface area contributed by atoms with Gasteiger partial charge in [0, 0.05) is 36.1 Å². The number of likely N-dealkylation sites (N-methyl/N-ethyl adjacent to an activating group) is 1. The van der Waals surface area contributed by atoms with Gasteiger partial charge in [-0.2, -0.15) is 0 Å². The van der Waals surface area contributed by atoms with Crippen molar-refractivity contribution < 1.29 is 0 Å². The minimum atomic E-state index is 0.673. The first-order valence-corrected chi connectivity index (χ1v) is 7.72. The first-order chi connectivity index (χ1) is 10.2. The molecule has 2 aromatic rings. The first-order valence-electron chi connectivity index (χ1n) is 7.72. The normalized spacial score (nSPS) is 16.7. The summed E-state index contributed by atoms with van der Waals surface area (Å²) in [6.07, 6.45) is 5.56. The highest BCUT2D eigenvalue weighted by atomic mass is 15.1. The summed E-state index contributed by atoms with van der Waals surface area (Å²) in [4.78, 5) is 11.6. The number of fused-ring (bicyclic) bond motifs is 2. The van der Waals surface area contributed by atoms with Gasteiger partial charge in [-0.1, -0.05) is 0 Å². The Morgan fingerprint density at radius 3 is 2.86 bits per heavy atom. The lowest BCUT2D eigenvalue weighted by Gasteiger charge is -2.17. The molecule has 0 bridgehead atoms. The highest BCUT2D eigenvalue weighted by molar-refractivity contribution is 5.67. The van der Waals surface area contributed by atoms with Gasteiger partial charge in [0.15, 0.2) is 5.82 Å². The molecule has 4 rings (SSSR count). The third-order valence-electron chi connectivity index (χ3n) is 4.68. The van der Waals surface area contributed by atoms with Gasteiger partial charge in [-0.3, -0.25) is 0 Å². The monoisotopic (exact) mass is 280 g/mol. The van der Waals surface area contributed by atoms with Crippen molar-refractivity contribution in [1.29, 1.82) is 0 Å². The minimum absolute atomic E-state index is 0.673. The molecule has 0 spiro atoms. The maximum Gasteiger partial charge on any atom is 0.161 e. The zero-order valence-corrected chi connectivity index (χ0v) is 12.4. The maximum absolute atomic E-state index is 6.16. The molecule has 21 heavy (non-hydrogen) atoms. The van der Waals surface area contributed by atoms with E-state index in [-0.39, 0.29) is 0 Å². The minimum Gasteiger partial charge on any atom is -0.383 e. The number of anilines is 2. The molecule has 108 valence electrons. The Bertz CT molecular complexity index is 708. The number of hydrogen-bond acceptors (Lipinski definition) is 4. The second kappa shape index (κ2) is 4.72. The summed E-state index contributed by atoms with van der Waals surface area (Å²) in [5.41, 5.74) is 12.3. The number of nitrogens with zero attached hydrogens (tertiary/aromatic N) is 3. The van der Waals surface area contributed by atoms with E-state index in [0.717, 1.165) is 42.9 Å². The topological polar surface area (TPSA) is 55.0 Å². The Morgan fingerprint density at radius 1 is 1.10 bits per heavy atom. The lowest BCUT2D eigenvalue weighted by atomic mass is 9.96. The summed E-state index contributed by atoms with van der Waals surface area (Å²) < 4.78 is 0. The average molecular weight is 280 g/mol. The number of rotatable bonds is 1. The smallest absolute Gasteiger partial charge is 0.161 e. The summed E-state index contributed by atoms with van der Waals surface area (Å²) >= 11 is 0. The highest BCUT2D eigenvalue weighted by Crippen LogP contribution is 2.32. The molecule has 0 saturated heterocycles. The first kappa shape index (κ1) is 12.6. The van der Waals surface area contributed by atoms with Crippen LogP contribution in [0.3, 0.4) is 0 Å². The van der Waals surface area contributed by atoms with Crippen molar-refractivity contribution in [2.45, 2.75) is 32.1 Å². The molecule has 0 radical (unpaired) electrons. The molecule has 0 atom stereocenters. The fourth-order valence-electron chi connectivity index (χ4n) is 3.46. The molecular formula is C17H20N4. The molecule has 0 fully saturated rings. The lowest BCUT2D eigenvalue weighted by Crippen LogP contribution is -2.12. The van der Waals surface area contributed by atoms with Crippen molar-refractivity contribution in [3.8, 4) is 11.4 Å². The van der Waals surface area contributed by atoms with Crippen LogP contribution in [0.5, 0.6) is 0 Å². The molecule has 1 aliphatic heterocycles. The summed E-state index contributed by atoms with van der Waals surface area (Å²) in [6, 6.07) is 6.52. The Hall–Kier alpha value is -2.10. The molecule has 1 aliphatic carbocycles. The molecule has 4 nitrogen and oxygen atoms in total. The standard InChI is InChI=1S/C17H20N4/c1-21-9-8-11-10-12(6-7-15(11)21)17-19-14-5-3-2-4-13(14)16(18)20-17/h6-7,10H,2-5,8-9H2,1H3,(H2,18,19,20). The van der Waals surface area contributed by atoms with Crippen LogP contribution >= 0.6 is 0 Å². The van der Waals surface area contributed by atoms with E-state index in [1.165, 1.54) is 29.7 Å². The lowest BCUT2D eigenvalue weighted by molar-refractivity contribution is 0.666. The van der Waals surface area contributed by atoms with E-state index in [1.54, 1.807) is 0 Å². The van der Waals surface area contributed by atoms with E-state index in [9.17, 15) is 0 Å². The molecule has 2 heterocycles. The van der Waals surface area contributed by atoms with E-state index in [2.05, 4.69) is 35.1 Å². The van der Waals surface area contributed by atoms with Crippen molar-refractivity contribution in [1.82, 2.24) is 9.97 Å².